The molecule has 88 valence electrons. The van der Waals surface area contributed by atoms with E-state index in [2.05, 4.69) is 25.7 Å². The minimum Gasteiger partial charge on any atom is -0.464 e. The van der Waals surface area contributed by atoms with E-state index in [4.69, 9.17) is 11.6 Å². The lowest BCUT2D eigenvalue weighted by atomic mass is 10.2. The fraction of sp³-hybridized carbons (Fsp3) is 0.0909. The first-order valence-corrected chi connectivity index (χ1v) is 5.73. The molecule has 0 spiro atoms. The van der Waals surface area contributed by atoms with E-state index in [0.717, 1.165) is 0 Å². The number of benzene rings is 1. The summed E-state index contributed by atoms with van der Waals surface area (Å²) in [6, 6.07) is 3.87. The standard InChI is InChI=1S/C11H6BrClFNO2/c1-17-11(16)9-4-8(13)6-2-5(14)3-7(12)10(6)15-9/h2-4H,1H3. The van der Waals surface area contributed by atoms with Crippen LogP contribution in [0.3, 0.4) is 0 Å². The number of nitrogens with zero attached hydrogens (tertiary/aromatic N) is 1. The summed E-state index contributed by atoms with van der Waals surface area (Å²) in [5.74, 6) is -1.02. The van der Waals surface area contributed by atoms with Crippen LogP contribution in [0.2, 0.25) is 5.02 Å². The van der Waals surface area contributed by atoms with Crippen LogP contribution in [0.15, 0.2) is 22.7 Å². The van der Waals surface area contributed by atoms with Crippen molar-refractivity contribution in [2.45, 2.75) is 0 Å². The summed E-state index contributed by atoms with van der Waals surface area (Å²) in [5, 5.41) is 0.682. The van der Waals surface area contributed by atoms with Crippen LogP contribution >= 0.6 is 27.5 Å². The van der Waals surface area contributed by atoms with Crippen molar-refractivity contribution in [2.24, 2.45) is 0 Å². The first kappa shape index (κ1) is 12.3. The zero-order chi connectivity index (χ0) is 12.6. The molecule has 2 rings (SSSR count). The Bertz CT molecular complexity index is 618. The first-order valence-electron chi connectivity index (χ1n) is 4.56. The van der Waals surface area contributed by atoms with E-state index in [0.29, 0.717) is 15.4 Å². The number of fused-ring (bicyclic) bond motifs is 1. The molecule has 0 N–H and O–H groups in total. The molecule has 17 heavy (non-hydrogen) atoms. The molecule has 0 saturated heterocycles. The molecule has 0 bridgehead atoms. The molecule has 0 saturated carbocycles. The number of ether oxygens (including phenoxy) is 1. The zero-order valence-electron chi connectivity index (χ0n) is 8.63. The Hall–Kier alpha value is -1.20. The Kier molecular flexibility index (Phi) is 3.31. The number of carbonyl (C=O) groups is 1. The van der Waals surface area contributed by atoms with Gasteiger partial charge < -0.3 is 4.74 Å². The summed E-state index contributed by atoms with van der Waals surface area (Å²) in [6.07, 6.45) is 0. The van der Waals surface area contributed by atoms with Gasteiger partial charge in [-0.25, -0.2) is 14.2 Å². The van der Waals surface area contributed by atoms with Crippen molar-refractivity contribution in [1.82, 2.24) is 4.98 Å². The molecular weight excluding hydrogens is 312 g/mol. The molecule has 0 aliphatic carbocycles. The molecule has 6 heteroatoms. The topological polar surface area (TPSA) is 39.2 Å². The summed E-state index contributed by atoms with van der Waals surface area (Å²) in [5.41, 5.74) is 0.497. The fourth-order valence-corrected chi connectivity index (χ4v) is 2.19. The van der Waals surface area contributed by atoms with Gasteiger partial charge in [-0.2, -0.15) is 0 Å². The van der Waals surface area contributed by atoms with E-state index < -0.39 is 11.8 Å². The van der Waals surface area contributed by atoms with Gasteiger partial charge >= 0.3 is 5.97 Å². The quantitative estimate of drug-likeness (QED) is 0.755. The van der Waals surface area contributed by atoms with E-state index in [9.17, 15) is 9.18 Å². The van der Waals surface area contributed by atoms with Gasteiger partial charge in [0.15, 0.2) is 5.69 Å². The maximum atomic E-state index is 13.2. The van der Waals surface area contributed by atoms with Crippen LogP contribution in [0.25, 0.3) is 10.9 Å². The summed E-state index contributed by atoms with van der Waals surface area (Å²) in [4.78, 5) is 15.4. The first-order chi connectivity index (χ1) is 8.02. The number of hydrogen-bond donors (Lipinski definition) is 0. The van der Waals surface area contributed by atoms with Gasteiger partial charge in [-0.3, -0.25) is 0 Å². The lowest BCUT2D eigenvalue weighted by Gasteiger charge is -2.05. The van der Waals surface area contributed by atoms with Gasteiger partial charge in [0.1, 0.15) is 5.82 Å². The molecule has 1 aromatic carbocycles. The molecule has 0 aliphatic rings. The van der Waals surface area contributed by atoms with Crippen molar-refractivity contribution >= 4 is 44.4 Å². The maximum Gasteiger partial charge on any atom is 0.356 e. The van der Waals surface area contributed by atoms with E-state index in [-0.39, 0.29) is 10.7 Å². The second-order valence-electron chi connectivity index (χ2n) is 3.26. The number of aromatic nitrogens is 1. The van der Waals surface area contributed by atoms with Crippen molar-refractivity contribution in [3.05, 3.63) is 39.2 Å². The van der Waals surface area contributed by atoms with Crippen molar-refractivity contribution < 1.29 is 13.9 Å². The van der Waals surface area contributed by atoms with Gasteiger partial charge in [-0.15, -0.1) is 0 Å². The lowest BCUT2D eigenvalue weighted by Crippen LogP contribution is -2.04. The minimum absolute atomic E-state index is 0.0808. The van der Waals surface area contributed by atoms with Crippen LogP contribution < -0.4 is 0 Å². The summed E-state index contributed by atoms with van der Waals surface area (Å²) in [7, 11) is 1.25. The van der Waals surface area contributed by atoms with Crippen molar-refractivity contribution in [3.8, 4) is 0 Å². The summed E-state index contributed by atoms with van der Waals surface area (Å²) < 4.78 is 18.2. The number of pyridine rings is 1. The SMILES string of the molecule is COC(=O)c1cc(Cl)c2cc(F)cc(Br)c2n1. The highest BCUT2D eigenvalue weighted by molar-refractivity contribution is 9.10. The average Bonchev–Trinajstić information content (AvgIpc) is 2.29. The van der Waals surface area contributed by atoms with Crippen LogP contribution in [-0.4, -0.2) is 18.1 Å². The second-order valence-corrected chi connectivity index (χ2v) is 4.53. The largest absolute Gasteiger partial charge is 0.464 e. The molecule has 0 atom stereocenters. The Morgan fingerprint density at radius 3 is 2.82 bits per heavy atom. The highest BCUT2D eigenvalue weighted by Gasteiger charge is 2.14. The zero-order valence-corrected chi connectivity index (χ0v) is 11.0. The third-order valence-electron chi connectivity index (χ3n) is 2.18. The molecular formula is C11H6BrClFNO2. The van der Waals surface area contributed by atoms with Gasteiger partial charge in [-0.05, 0) is 34.1 Å². The fourth-order valence-electron chi connectivity index (χ4n) is 1.42. The van der Waals surface area contributed by atoms with Crippen molar-refractivity contribution in [3.63, 3.8) is 0 Å². The van der Waals surface area contributed by atoms with Crippen molar-refractivity contribution in [2.75, 3.05) is 7.11 Å². The molecule has 0 fully saturated rings. The van der Waals surface area contributed by atoms with Crippen LogP contribution in [0, 0.1) is 5.82 Å². The third-order valence-corrected chi connectivity index (χ3v) is 3.09. The van der Waals surface area contributed by atoms with E-state index in [1.807, 2.05) is 0 Å². The highest BCUT2D eigenvalue weighted by atomic mass is 79.9. The summed E-state index contributed by atoms with van der Waals surface area (Å²) >= 11 is 9.15. The van der Waals surface area contributed by atoms with Crippen LogP contribution in [0.1, 0.15) is 10.5 Å². The minimum atomic E-state index is -0.593. The van der Waals surface area contributed by atoms with E-state index >= 15 is 0 Å². The number of halogens is 3. The monoisotopic (exact) mass is 317 g/mol. The van der Waals surface area contributed by atoms with Gasteiger partial charge in [0.25, 0.3) is 0 Å². The summed E-state index contributed by atoms with van der Waals surface area (Å²) in [6.45, 7) is 0. The Morgan fingerprint density at radius 2 is 2.18 bits per heavy atom. The lowest BCUT2D eigenvalue weighted by molar-refractivity contribution is 0.0594. The molecule has 0 aliphatic heterocycles. The van der Waals surface area contributed by atoms with Gasteiger partial charge in [0, 0.05) is 9.86 Å². The third kappa shape index (κ3) is 2.25. The number of hydrogen-bond acceptors (Lipinski definition) is 3. The predicted molar refractivity (Wildman–Crippen MR) is 65.8 cm³/mol. The Balaban J connectivity index is 2.77. The number of methoxy groups -OCH3 is 1. The second kappa shape index (κ2) is 4.58. The number of carbonyl (C=O) groups excluding carboxylic acids is 1. The molecule has 1 aromatic heterocycles. The van der Waals surface area contributed by atoms with Crippen LogP contribution in [0.5, 0.6) is 0 Å². The Labute approximate surface area is 110 Å². The molecule has 0 radical (unpaired) electrons. The van der Waals surface area contributed by atoms with Crippen molar-refractivity contribution in [1.29, 1.82) is 0 Å². The highest BCUT2D eigenvalue weighted by Crippen LogP contribution is 2.29. The van der Waals surface area contributed by atoms with Crippen LogP contribution in [-0.2, 0) is 4.74 Å². The molecule has 2 aromatic rings. The van der Waals surface area contributed by atoms with Gasteiger partial charge in [0.2, 0.25) is 0 Å². The van der Waals surface area contributed by atoms with E-state index in [1.165, 1.54) is 25.3 Å². The molecule has 0 unspecified atom stereocenters. The molecule has 3 nitrogen and oxygen atoms in total. The molecule has 1 heterocycles. The average molecular weight is 319 g/mol. The van der Waals surface area contributed by atoms with Crippen LogP contribution in [0.4, 0.5) is 4.39 Å². The normalized spacial score (nSPS) is 10.6. The van der Waals surface area contributed by atoms with Gasteiger partial charge in [0.05, 0.1) is 17.6 Å². The number of esters is 1. The predicted octanol–water partition coefficient (Wildman–Crippen LogP) is 3.58. The van der Waals surface area contributed by atoms with Gasteiger partial charge in [-0.1, -0.05) is 11.6 Å². The Morgan fingerprint density at radius 1 is 1.47 bits per heavy atom. The smallest absolute Gasteiger partial charge is 0.356 e. The molecule has 0 amide bonds. The number of rotatable bonds is 1. The van der Waals surface area contributed by atoms with E-state index in [1.54, 1.807) is 0 Å². The maximum absolute atomic E-state index is 13.2.